The number of ether oxygens (including phenoxy) is 1. The summed E-state index contributed by atoms with van der Waals surface area (Å²) in [6.07, 6.45) is -0.0151. The molecule has 1 aliphatic rings. The van der Waals surface area contributed by atoms with Crippen LogP contribution in [0.15, 0.2) is 18.2 Å². The van der Waals surface area contributed by atoms with Crippen LogP contribution in [0.3, 0.4) is 0 Å². The molecule has 1 aromatic rings. The summed E-state index contributed by atoms with van der Waals surface area (Å²) >= 11 is 0. The van der Waals surface area contributed by atoms with Gasteiger partial charge in [0.2, 0.25) is 0 Å². The number of nitrogens with one attached hydrogen (secondary N) is 1. The van der Waals surface area contributed by atoms with Crippen molar-refractivity contribution in [2.45, 2.75) is 20.0 Å². The van der Waals surface area contributed by atoms with Crippen LogP contribution in [0.5, 0.6) is 0 Å². The smallest absolute Gasteiger partial charge is 0.293 e. The lowest BCUT2D eigenvalue weighted by Gasteiger charge is -2.31. The molecule has 1 N–H and O–H groups in total. The molecule has 0 saturated carbocycles. The number of carbonyl (C=O) groups is 1. The molecule has 0 aliphatic carbocycles. The van der Waals surface area contributed by atoms with Gasteiger partial charge in [0.15, 0.2) is 0 Å². The molecule has 1 atom stereocenters. The standard InChI is InChI=1S/C14H19N3O4/c1-3-15-12-5-4-11(8-13(12)17(19)20)14(18)16-6-7-21-10(2)9-16/h4-5,8,10,15H,3,6-7,9H2,1-2H3. The van der Waals surface area contributed by atoms with Crippen LogP contribution in [0, 0.1) is 10.1 Å². The molecule has 1 aromatic carbocycles. The minimum absolute atomic E-state index is 0.0151. The maximum atomic E-state index is 12.4. The normalized spacial score (nSPS) is 18.4. The molecule has 2 rings (SSSR count). The van der Waals surface area contributed by atoms with Crippen molar-refractivity contribution in [3.63, 3.8) is 0 Å². The van der Waals surface area contributed by atoms with Crippen molar-refractivity contribution >= 4 is 17.3 Å². The lowest BCUT2D eigenvalue weighted by molar-refractivity contribution is -0.384. The first-order valence-corrected chi connectivity index (χ1v) is 6.96. The number of hydrogen-bond acceptors (Lipinski definition) is 5. The van der Waals surface area contributed by atoms with E-state index in [1.54, 1.807) is 17.0 Å². The topological polar surface area (TPSA) is 84.7 Å². The fourth-order valence-corrected chi connectivity index (χ4v) is 2.34. The van der Waals surface area contributed by atoms with E-state index in [9.17, 15) is 14.9 Å². The zero-order valence-corrected chi connectivity index (χ0v) is 12.2. The van der Waals surface area contributed by atoms with Crippen molar-refractivity contribution in [1.29, 1.82) is 0 Å². The van der Waals surface area contributed by atoms with Crippen molar-refractivity contribution in [2.75, 3.05) is 31.6 Å². The highest BCUT2D eigenvalue weighted by Crippen LogP contribution is 2.26. The Bertz CT molecular complexity index is 547. The van der Waals surface area contributed by atoms with E-state index in [2.05, 4.69) is 5.32 Å². The van der Waals surface area contributed by atoms with Crippen LogP contribution in [-0.4, -0.2) is 48.1 Å². The zero-order valence-electron chi connectivity index (χ0n) is 12.2. The third kappa shape index (κ3) is 3.49. The monoisotopic (exact) mass is 293 g/mol. The summed E-state index contributed by atoms with van der Waals surface area (Å²) in [5, 5.41) is 14.0. The van der Waals surface area contributed by atoms with Crippen molar-refractivity contribution < 1.29 is 14.5 Å². The fourth-order valence-electron chi connectivity index (χ4n) is 2.34. The maximum Gasteiger partial charge on any atom is 0.293 e. The molecule has 0 radical (unpaired) electrons. The lowest BCUT2D eigenvalue weighted by atomic mass is 10.1. The molecular weight excluding hydrogens is 274 g/mol. The molecular formula is C14H19N3O4. The Hall–Kier alpha value is -2.15. The van der Waals surface area contributed by atoms with Crippen LogP contribution >= 0.6 is 0 Å². The summed E-state index contributed by atoms with van der Waals surface area (Å²) in [5.41, 5.74) is 0.677. The Morgan fingerprint density at radius 1 is 1.57 bits per heavy atom. The molecule has 1 heterocycles. The molecule has 0 aromatic heterocycles. The number of nitro benzene ring substituents is 1. The maximum absolute atomic E-state index is 12.4. The number of nitrogens with zero attached hydrogens (tertiary/aromatic N) is 2. The molecule has 1 amide bonds. The first kappa shape index (κ1) is 15.2. The fraction of sp³-hybridized carbons (Fsp3) is 0.500. The second-order valence-electron chi connectivity index (χ2n) is 4.95. The largest absolute Gasteiger partial charge is 0.380 e. The van der Waals surface area contributed by atoms with Gasteiger partial charge in [-0.2, -0.15) is 0 Å². The summed E-state index contributed by atoms with van der Waals surface area (Å²) in [6.45, 7) is 5.83. The predicted octanol–water partition coefficient (Wildman–Crippen LogP) is 1.89. The number of morpholine rings is 1. The van der Waals surface area contributed by atoms with Crippen LogP contribution in [0.1, 0.15) is 24.2 Å². The second kappa shape index (κ2) is 6.53. The third-order valence-corrected chi connectivity index (χ3v) is 3.34. The Labute approximate surface area is 123 Å². The minimum Gasteiger partial charge on any atom is -0.380 e. The van der Waals surface area contributed by atoms with E-state index in [1.165, 1.54) is 6.07 Å². The van der Waals surface area contributed by atoms with Gasteiger partial charge >= 0.3 is 0 Å². The van der Waals surface area contributed by atoms with Gasteiger partial charge < -0.3 is 15.0 Å². The molecule has 0 bridgehead atoms. The average molecular weight is 293 g/mol. The van der Waals surface area contributed by atoms with E-state index in [0.29, 0.717) is 37.5 Å². The van der Waals surface area contributed by atoms with E-state index in [4.69, 9.17) is 4.74 Å². The van der Waals surface area contributed by atoms with Crippen molar-refractivity contribution in [3.8, 4) is 0 Å². The highest BCUT2D eigenvalue weighted by Gasteiger charge is 2.24. The molecule has 0 spiro atoms. The van der Waals surface area contributed by atoms with Gasteiger partial charge in [-0.05, 0) is 26.0 Å². The number of carbonyl (C=O) groups excluding carboxylic acids is 1. The molecule has 1 unspecified atom stereocenters. The number of anilines is 1. The number of hydrogen-bond donors (Lipinski definition) is 1. The van der Waals surface area contributed by atoms with Gasteiger partial charge in [-0.3, -0.25) is 14.9 Å². The first-order valence-electron chi connectivity index (χ1n) is 6.96. The van der Waals surface area contributed by atoms with Gasteiger partial charge in [0.1, 0.15) is 5.69 Å². The van der Waals surface area contributed by atoms with Gasteiger partial charge in [0.25, 0.3) is 11.6 Å². The lowest BCUT2D eigenvalue weighted by Crippen LogP contribution is -2.44. The Kier molecular flexibility index (Phi) is 4.74. The van der Waals surface area contributed by atoms with E-state index in [-0.39, 0.29) is 17.7 Å². The highest BCUT2D eigenvalue weighted by atomic mass is 16.6. The summed E-state index contributed by atoms with van der Waals surface area (Å²) in [6, 6.07) is 4.53. The van der Waals surface area contributed by atoms with E-state index < -0.39 is 4.92 Å². The zero-order chi connectivity index (χ0) is 15.4. The summed E-state index contributed by atoms with van der Waals surface area (Å²) in [7, 11) is 0. The van der Waals surface area contributed by atoms with Gasteiger partial charge in [0.05, 0.1) is 17.6 Å². The van der Waals surface area contributed by atoms with Gasteiger partial charge in [-0.15, -0.1) is 0 Å². The van der Waals surface area contributed by atoms with E-state index >= 15 is 0 Å². The Morgan fingerprint density at radius 2 is 2.33 bits per heavy atom. The van der Waals surface area contributed by atoms with Crippen LogP contribution in [0.25, 0.3) is 0 Å². The molecule has 7 heteroatoms. The summed E-state index contributed by atoms with van der Waals surface area (Å²) in [5.74, 6) is -0.198. The van der Waals surface area contributed by atoms with Crippen LogP contribution in [0.2, 0.25) is 0 Å². The predicted molar refractivity (Wildman–Crippen MR) is 78.6 cm³/mol. The van der Waals surface area contributed by atoms with E-state index in [1.807, 2.05) is 13.8 Å². The Balaban J connectivity index is 2.25. The van der Waals surface area contributed by atoms with Crippen LogP contribution in [0.4, 0.5) is 11.4 Å². The molecule has 1 aliphatic heterocycles. The van der Waals surface area contributed by atoms with Gasteiger partial charge in [-0.25, -0.2) is 0 Å². The number of benzene rings is 1. The number of amides is 1. The molecule has 1 saturated heterocycles. The Morgan fingerprint density at radius 3 is 2.95 bits per heavy atom. The average Bonchev–Trinajstić information content (AvgIpc) is 2.47. The van der Waals surface area contributed by atoms with Crippen molar-refractivity contribution in [3.05, 3.63) is 33.9 Å². The van der Waals surface area contributed by atoms with Gasteiger partial charge in [-0.1, -0.05) is 0 Å². The summed E-state index contributed by atoms with van der Waals surface area (Å²) < 4.78 is 5.39. The van der Waals surface area contributed by atoms with Crippen LogP contribution < -0.4 is 5.32 Å². The SMILES string of the molecule is CCNc1ccc(C(=O)N2CCOC(C)C2)cc1[N+](=O)[O-]. The number of rotatable bonds is 4. The van der Waals surface area contributed by atoms with Crippen molar-refractivity contribution in [2.24, 2.45) is 0 Å². The van der Waals surface area contributed by atoms with Crippen molar-refractivity contribution in [1.82, 2.24) is 4.90 Å². The third-order valence-electron chi connectivity index (χ3n) is 3.34. The second-order valence-corrected chi connectivity index (χ2v) is 4.95. The molecule has 7 nitrogen and oxygen atoms in total. The van der Waals surface area contributed by atoms with E-state index in [0.717, 1.165) is 0 Å². The number of nitro groups is 1. The molecule has 114 valence electrons. The molecule has 21 heavy (non-hydrogen) atoms. The first-order chi connectivity index (χ1) is 10.0. The highest BCUT2D eigenvalue weighted by molar-refractivity contribution is 5.95. The minimum atomic E-state index is -0.475. The summed E-state index contributed by atoms with van der Waals surface area (Å²) in [4.78, 5) is 24.7. The molecule has 1 fully saturated rings. The van der Waals surface area contributed by atoms with Crippen LogP contribution in [-0.2, 0) is 4.74 Å². The quantitative estimate of drug-likeness (QED) is 0.677. The van der Waals surface area contributed by atoms with Gasteiger partial charge in [0, 0.05) is 31.3 Å².